The number of allylic oxidation sites excluding steroid dienone is 4. The van der Waals surface area contributed by atoms with Crippen LogP contribution in [0.5, 0.6) is 0 Å². The molecule has 1 aliphatic rings. The Labute approximate surface area is 86.2 Å². The first-order valence-corrected chi connectivity index (χ1v) is 5.18. The van der Waals surface area contributed by atoms with E-state index in [2.05, 4.69) is 20.1 Å². The van der Waals surface area contributed by atoms with Gasteiger partial charge in [-0.25, -0.2) is 4.39 Å². The van der Waals surface area contributed by atoms with Gasteiger partial charge in [0.2, 0.25) is 0 Å². The van der Waals surface area contributed by atoms with Gasteiger partial charge in [0.25, 0.3) is 0 Å². The number of halogens is 1. The summed E-state index contributed by atoms with van der Waals surface area (Å²) in [6, 6.07) is 0. The predicted molar refractivity (Wildman–Crippen MR) is 60.0 cm³/mol. The van der Waals surface area contributed by atoms with Gasteiger partial charge in [0.15, 0.2) is 0 Å². The van der Waals surface area contributed by atoms with Crippen LogP contribution in [-0.4, -0.2) is 6.67 Å². The molecule has 1 aliphatic carbocycles. The lowest BCUT2D eigenvalue weighted by Crippen LogP contribution is -2.10. The number of alkyl halides is 1. The van der Waals surface area contributed by atoms with Gasteiger partial charge >= 0.3 is 0 Å². The molecule has 0 bridgehead atoms. The maximum Gasteiger partial charge on any atom is 0.115 e. The second kappa shape index (κ2) is 4.59. The van der Waals surface area contributed by atoms with Crippen molar-refractivity contribution in [1.29, 1.82) is 0 Å². The number of hydrogen-bond acceptors (Lipinski definition) is 0. The molecule has 0 aliphatic heterocycles. The Hall–Kier alpha value is -0.850. The Morgan fingerprint density at radius 2 is 2.21 bits per heavy atom. The van der Waals surface area contributed by atoms with E-state index < -0.39 is 6.67 Å². The maximum absolute atomic E-state index is 12.8. The third-order valence-electron chi connectivity index (χ3n) is 2.92. The van der Waals surface area contributed by atoms with Crippen LogP contribution < -0.4 is 0 Å². The summed E-state index contributed by atoms with van der Waals surface area (Å²) in [5, 5.41) is 0. The van der Waals surface area contributed by atoms with Gasteiger partial charge in [-0.05, 0) is 43.3 Å². The van der Waals surface area contributed by atoms with Crippen LogP contribution in [0.25, 0.3) is 0 Å². The molecule has 1 heteroatoms. The molecule has 0 spiro atoms. The lowest BCUT2D eigenvalue weighted by Gasteiger charge is -2.25. The second-order valence-corrected chi connectivity index (χ2v) is 4.32. The van der Waals surface area contributed by atoms with E-state index in [1.165, 1.54) is 0 Å². The predicted octanol–water partition coefficient (Wildman–Crippen LogP) is 4.20. The molecule has 1 fully saturated rings. The van der Waals surface area contributed by atoms with Crippen molar-refractivity contribution in [2.75, 3.05) is 6.67 Å². The van der Waals surface area contributed by atoms with E-state index in [1.54, 1.807) is 0 Å². The van der Waals surface area contributed by atoms with Crippen molar-refractivity contribution in [3.63, 3.8) is 0 Å². The summed E-state index contributed by atoms with van der Waals surface area (Å²) in [6.45, 7) is 11.5. The summed E-state index contributed by atoms with van der Waals surface area (Å²) >= 11 is 0. The Kier molecular flexibility index (Phi) is 3.68. The van der Waals surface area contributed by atoms with Crippen molar-refractivity contribution in [3.8, 4) is 0 Å². The molecule has 0 nitrogen and oxygen atoms in total. The zero-order valence-corrected chi connectivity index (χ0v) is 9.20. The highest BCUT2D eigenvalue weighted by atomic mass is 19.1. The summed E-state index contributed by atoms with van der Waals surface area (Å²) in [6.07, 6.45) is 3.11. The molecular formula is C13H19F. The van der Waals surface area contributed by atoms with E-state index in [0.29, 0.717) is 5.92 Å². The van der Waals surface area contributed by atoms with Crippen LogP contribution in [0, 0.1) is 5.92 Å². The van der Waals surface area contributed by atoms with Crippen LogP contribution in [0.4, 0.5) is 4.39 Å². The summed E-state index contributed by atoms with van der Waals surface area (Å²) < 4.78 is 12.8. The highest BCUT2D eigenvalue weighted by Gasteiger charge is 2.19. The smallest absolute Gasteiger partial charge is 0.115 e. The molecule has 1 unspecified atom stereocenters. The number of rotatable bonds is 2. The molecule has 0 heterocycles. The molecule has 14 heavy (non-hydrogen) atoms. The first kappa shape index (κ1) is 11.2. The van der Waals surface area contributed by atoms with Gasteiger partial charge in [0.1, 0.15) is 6.67 Å². The molecule has 1 rings (SSSR count). The molecule has 0 aromatic heterocycles. The van der Waals surface area contributed by atoms with Crippen molar-refractivity contribution in [3.05, 3.63) is 35.5 Å². The van der Waals surface area contributed by atoms with E-state index in [-0.39, 0.29) is 0 Å². The highest BCUT2D eigenvalue weighted by molar-refractivity contribution is 5.43. The Morgan fingerprint density at radius 3 is 2.64 bits per heavy atom. The van der Waals surface area contributed by atoms with Gasteiger partial charge in [-0.1, -0.05) is 31.2 Å². The van der Waals surface area contributed by atoms with Crippen molar-refractivity contribution >= 4 is 0 Å². The quantitative estimate of drug-likeness (QED) is 0.618. The molecule has 0 N–H and O–H groups in total. The summed E-state index contributed by atoms with van der Waals surface area (Å²) in [4.78, 5) is 0. The van der Waals surface area contributed by atoms with Gasteiger partial charge in [-0.15, -0.1) is 0 Å². The first-order chi connectivity index (χ1) is 6.56. The topological polar surface area (TPSA) is 0 Å². The Balaban J connectivity index is 2.95. The van der Waals surface area contributed by atoms with Gasteiger partial charge in [0, 0.05) is 0 Å². The average Bonchev–Trinajstić information content (AvgIpc) is 2.09. The second-order valence-electron chi connectivity index (χ2n) is 4.32. The summed E-state index contributed by atoms with van der Waals surface area (Å²) in [7, 11) is 0. The number of hydrogen-bond donors (Lipinski definition) is 0. The fraction of sp³-hybridized carbons (Fsp3) is 0.538. The normalized spacial score (nSPS) is 26.2. The summed E-state index contributed by atoms with van der Waals surface area (Å²) in [5.41, 5.74) is 3.86. The van der Waals surface area contributed by atoms with Crippen LogP contribution in [-0.2, 0) is 0 Å². The SMILES string of the molecule is C=C(C)/C(CF)=C1/CCC(C)CC1=C. The minimum atomic E-state index is -0.405. The van der Waals surface area contributed by atoms with Crippen molar-refractivity contribution in [1.82, 2.24) is 0 Å². The van der Waals surface area contributed by atoms with Gasteiger partial charge in [-0.2, -0.15) is 0 Å². The van der Waals surface area contributed by atoms with Gasteiger partial charge in [0.05, 0.1) is 0 Å². The molecule has 0 aromatic carbocycles. The Morgan fingerprint density at radius 1 is 1.57 bits per heavy atom. The molecule has 0 amide bonds. The Bertz CT molecular complexity index is 284. The average molecular weight is 194 g/mol. The molecule has 0 saturated heterocycles. The fourth-order valence-corrected chi connectivity index (χ4v) is 2.03. The van der Waals surface area contributed by atoms with Crippen LogP contribution in [0.2, 0.25) is 0 Å². The van der Waals surface area contributed by atoms with Crippen LogP contribution in [0.3, 0.4) is 0 Å². The molecule has 1 atom stereocenters. The minimum absolute atomic E-state index is 0.405. The summed E-state index contributed by atoms with van der Waals surface area (Å²) in [5.74, 6) is 0.692. The zero-order chi connectivity index (χ0) is 10.7. The molecule has 78 valence electrons. The van der Waals surface area contributed by atoms with Crippen LogP contribution >= 0.6 is 0 Å². The van der Waals surface area contributed by atoms with E-state index in [9.17, 15) is 4.39 Å². The zero-order valence-electron chi connectivity index (χ0n) is 9.20. The lowest BCUT2D eigenvalue weighted by atomic mass is 9.81. The molecular weight excluding hydrogens is 175 g/mol. The van der Waals surface area contributed by atoms with Gasteiger partial charge in [-0.3, -0.25) is 0 Å². The third kappa shape index (κ3) is 2.34. The third-order valence-corrected chi connectivity index (χ3v) is 2.92. The van der Waals surface area contributed by atoms with Crippen LogP contribution in [0.15, 0.2) is 35.5 Å². The van der Waals surface area contributed by atoms with Gasteiger partial charge < -0.3 is 0 Å². The fourth-order valence-electron chi connectivity index (χ4n) is 2.03. The largest absolute Gasteiger partial charge is 0.246 e. The van der Waals surface area contributed by atoms with Crippen molar-refractivity contribution < 1.29 is 4.39 Å². The van der Waals surface area contributed by atoms with E-state index in [4.69, 9.17) is 0 Å². The maximum atomic E-state index is 12.8. The monoisotopic (exact) mass is 194 g/mol. The molecule has 0 aromatic rings. The molecule has 1 saturated carbocycles. The first-order valence-electron chi connectivity index (χ1n) is 5.18. The standard InChI is InChI=1S/C13H19F/c1-9(2)13(8-14)12-6-5-10(3)7-11(12)4/h10H,1,4-8H2,2-3H3/b13-12-. The van der Waals surface area contributed by atoms with E-state index in [0.717, 1.165) is 41.6 Å². The van der Waals surface area contributed by atoms with Crippen molar-refractivity contribution in [2.45, 2.75) is 33.1 Å². The van der Waals surface area contributed by atoms with E-state index >= 15 is 0 Å². The highest BCUT2D eigenvalue weighted by Crippen LogP contribution is 2.35. The lowest BCUT2D eigenvalue weighted by molar-refractivity contribution is 0.487. The molecule has 0 radical (unpaired) electrons. The van der Waals surface area contributed by atoms with Crippen LogP contribution in [0.1, 0.15) is 33.1 Å². The van der Waals surface area contributed by atoms with Crippen molar-refractivity contribution in [2.24, 2.45) is 5.92 Å². The van der Waals surface area contributed by atoms with E-state index in [1.807, 2.05) is 6.92 Å². The minimum Gasteiger partial charge on any atom is -0.246 e.